The highest BCUT2D eigenvalue weighted by Crippen LogP contribution is 2.25. The third kappa shape index (κ3) is 2.70. The maximum Gasteiger partial charge on any atom is 0.287 e. The highest BCUT2D eigenvalue weighted by atomic mass is 16.3. The maximum absolute atomic E-state index is 12.2. The lowest BCUT2D eigenvalue weighted by molar-refractivity contribution is 0.0310. The third-order valence-electron chi connectivity index (χ3n) is 3.94. The second-order valence-corrected chi connectivity index (χ2v) is 5.17. The van der Waals surface area contributed by atoms with Crippen LogP contribution in [0.1, 0.15) is 42.8 Å². The van der Waals surface area contributed by atoms with Crippen LogP contribution in [0.4, 0.5) is 0 Å². The molecule has 2 aromatic rings. The summed E-state index contributed by atoms with van der Waals surface area (Å²) in [5.74, 6) is 0.0415. The van der Waals surface area contributed by atoms with Crippen molar-refractivity contribution in [2.45, 2.75) is 39.2 Å². The molecular formula is C16H21NO3. The highest BCUT2D eigenvalue weighted by Gasteiger charge is 2.24. The Bertz CT molecular complexity index is 611. The van der Waals surface area contributed by atoms with E-state index in [1.807, 2.05) is 45.0 Å². The number of nitrogens with one attached hydrogen (secondary N) is 1. The third-order valence-corrected chi connectivity index (χ3v) is 3.94. The monoisotopic (exact) mass is 275 g/mol. The fourth-order valence-corrected chi connectivity index (χ4v) is 2.22. The van der Waals surface area contributed by atoms with Gasteiger partial charge in [-0.05, 0) is 25.8 Å². The average Bonchev–Trinajstić information content (AvgIpc) is 2.82. The minimum absolute atomic E-state index is 0.231. The normalized spacial score (nSPS) is 11.8. The molecule has 1 aromatic heterocycles. The van der Waals surface area contributed by atoms with Crippen molar-refractivity contribution in [3.05, 3.63) is 35.6 Å². The lowest BCUT2D eigenvalue weighted by atomic mass is 9.97. The van der Waals surface area contributed by atoms with Crippen LogP contribution in [0.15, 0.2) is 28.7 Å². The summed E-state index contributed by atoms with van der Waals surface area (Å²) in [7, 11) is 0. The zero-order valence-electron chi connectivity index (χ0n) is 12.2. The van der Waals surface area contributed by atoms with Crippen molar-refractivity contribution in [3.8, 4) is 0 Å². The van der Waals surface area contributed by atoms with Gasteiger partial charge in [0.05, 0.1) is 5.60 Å². The molecule has 4 heteroatoms. The quantitative estimate of drug-likeness (QED) is 0.881. The minimum atomic E-state index is -0.852. The number of para-hydroxylation sites is 1. The van der Waals surface area contributed by atoms with Crippen LogP contribution in [0, 0.1) is 6.92 Å². The van der Waals surface area contributed by atoms with Gasteiger partial charge in [-0.25, -0.2) is 0 Å². The van der Waals surface area contributed by atoms with Crippen LogP contribution in [0.2, 0.25) is 0 Å². The topological polar surface area (TPSA) is 62.5 Å². The predicted molar refractivity (Wildman–Crippen MR) is 78.8 cm³/mol. The van der Waals surface area contributed by atoms with Gasteiger partial charge in [0, 0.05) is 17.5 Å². The van der Waals surface area contributed by atoms with Crippen LogP contribution >= 0.6 is 0 Å². The van der Waals surface area contributed by atoms with E-state index in [4.69, 9.17) is 4.42 Å². The van der Waals surface area contributed by atoms with Crippen LogP contribution < -0.4 is 5.32 Å². The van der Waals surface area contributed by atoms with Crippen molar-refractivity contribution in [1.82, 2.24) is 5.32 Å². The van der Waals surface area contributed by atoms with Gasteiger partial charge in [-0.3, -0.25) is 4.79 Å². The molecule has 0 spiro atoms. The van der Waals surface area contributed by atoms with Crippen molar-refractivity contribution >= 4 is 16.9 Å². The van der Waals surface area contributed by atoms with E-state index in [9.17, 15) is 9.90 Å². The van der Waals surface area contributed by atoms with Crippen molar-refractivity contribution in [3.63, 3.8) is 0 Å². The molecule has 0 saturated heterocycles. The summed E-state index contributed by atoms with van der Waals surface area (Å²) >= 11 is 0. The van der Waals surface area contributed by atoms with E-state index in [1.165, 1.54) is 0 Å². The largest absolute Gasteiger partial charge is 0.451 e. The van der Waals surface area contributed by atoms with Crippen molar-refractivity contribution < 1.29 is 14.3 Å². The van der Waals surface area contributed by atoms with Gasteiger partial charge >= 0.3 is 0 Å². The first kappa shape index (κ1) is 14.6. The lowest BCUT2D eigenvalue weighted by Gasteiger charge is -2.25. The fourth-order valence-electron chi connectivity index (χ4n) is 2.22. The zero-order chi connectivity index (χ0) is 14.8. The minimum Gasteiger partial charge on any atom is -0.451 e. The predicted octanol–water partition coefficient (Wildman–Crippen LogP) is 3.02. The molecule has 0 unspecified atom stereocenters. The molecule has 108 valence electrons. The molecule has 2 N–H and O–H groups in total. The average molecular weight is 275 g/mol. The fraction of sp³-hybridized carbons (Fsp3) is 0.438. The molecule has 0 radical (unpaired) electrons. The van der Waals surface area contributed by atoms with Gasteiger partial charge in [0.15, 0.2) is 5.76 Å². The summed E-state index contributed by atoms with van der Waals surface area (Å²) in [6, 6.07) is 7.56. The van der Waals surface area contributed by atoms with Gasteiger partial charge in [-0.1, -0.05) is 32.0 Å². The maximum atomic E-state index is 12.2. The Kier molecular flexibility index (Phi) is 4.14. The summed E-state index contributed by atoms with van der Waals surface area (Å²) in [4.78, 5) is 12.2. The Morgan fingerprint density at radius 1 is 1.30 bits per heavy atom. The molecule has 20 heavy (non-hydrogen) atoms. The van der Waals surface area contributed by atoms with Gasteiger partial charge in [0.2, 0.25) is 0 Å². The summed E-state index contributed by atoms with van der Waals surface area (Å²) in [5, 5.41) is 13.9. The van der Waals surface area contributed by atoms with Crippen LogP contribution in [-0.4, -0.2) is 23.2 Å². The van der Waals surface area contributed by atoms with E-state index in [1.54, 1.807) is 0 Å². The number of rotatable bonds is 5. The number of aryl methyl sites for hydroxylation is 1. The van der Waals surface area contributed by atoms with E-state index >= 15 is 0 Å². The van der Waals surface area contributed by atoms with E-state index in [-0.39, 0.29) is 12.5 Å². The molecule has 1 heterocycles. The molecule has 2 rings (SSSR count). The summed E-state index contributed by atoms with van der Waals surface area (Å²) in [5.41, 5.74) is 0.682. The number of benzene rings is 1. The Balaban J connectivity index is 2.18. The summed E-state index contributed by atoms with van der Waals surface area (Å²) in [6.45, 7) is 5.91. The molecular weight excluding hydrogens is 254 g/mol. The smallest absolute Gasteiger partial charge is 0.287 e. The highest BCUT2D eigenvalue weighted by molar-refractivity contribution is 5.98. The zero-order valence-corrected chi connectivity index (χ0v) is 12.2. The van der Waals surface area contributed by atoms with E-state index in [2.05, 4.69) is 5.32 Å². The molecule has 1 aromatic carbocycles. The lowest BCUT2D eigenvalue weighted by Crippen LogP contribution is -2.42. The van der Waals surface area contributed by atoms with Gasteiger partial charge < -0.3 is 14.8 Å². The number of carbonyl (C=O) groups is 1. The SMILES string of the molecule is CCC(O)(CC)CNC(=O)c1oc2ccccc2c1C. The van der Waals surface area contributed by atoms with Crippen molar-refractivity contribution in [2.24, 2.45) is 0 Å². The first-order valence-electron chi connectivity index (χ1n) is 6.99. The molecule has 0 fully saturated rings. The second kappa shape index (κ2) is 5.67. The second-order valence-electron chi connectivity index (χ2n) is 5.17. The molecule has 4 nitrogen and oxygen atoms in total. The van der Waals surface area contributed by atoms with Crippen LogP contribution in [0.25, 0.3) is 11.0 Å². The molecule has 0 bridgehead atoms. The Hall–Kier alpha value is -1.81. The standard InChI is InChI=1S/C16H21NO3/c1-4-16(19,5-2)10-17-15(18)14-11(3)12-8-6-7-9-13(12)20-14/h6-9,19H,4-5,10H2,1-3H3,(H,17,18). The molecule has 0 aliphatic carbocycles. The van der Waals surface area contributed by atoms with Crippen LogP contribution in [0.5, 0.6) is 0 Å². The molecule has 0 aliphatic heterocycles. The number of hydrogen-bond donors (Lipinski definition) is 2. The van der Waals surface area contributed by atoms with Crippen LogP contribution in [0.3, 0.4) is 0 Å². The van der Waals surface area contributed by atoms with E-state index < -0.39 is 5.60 Å². The molecule has 0 atom stereocenters. The Morgan fingerprint density at radius 2 is 1.95 bits per heavy atom. The summed E-state index contributed by atoms with van der Waals surface area (Å²) in [6.07, 6.45) is 1.20. The van der Waals surface area contributed by atoms with Crippen molar-refractivity contribution in [2.75, 3.05) is 6.54 Å². The van der Waals surface area contributed by atoms with Crippen molar-refractivity contribution in [1.29, 1.82) is 0 Å². The van der Waals surface area contributed by atoms with Gasteiger partial charge in [-0.15, -0.1) is 0 Å². The first-order valence-corrected chi connectivity index (χ1v) is 6.99. The van der Waals surface area contributed by atoms with Crippen LogP contribution in [-0.2, 0) is 0 Å². The van der Waals surface area contributed by atoms with Gasteiger partial charge in [-0.2, -0.15) is 0 Å². The first-order chi connectivity index (χ1) is 9.50. The molecule has 0 saturated carbocycles. The number of hydrogen-bond acceptors (Lipinski definition) is 3. The Morgan fingerprint density at radius 3 is 2.55 bits per heavy atom. The van der Waals surface area contributed by atoms with Gasteiger partial charge in [0.1, 0.15) is 5.58 Å². The Labute approximate surface area is 118 Å². The number of aliphatic hydroxyl groups is 1. The van der Waals surface area contributed by atoms with E-state index in [0.717, 1.165) is 10.9 Å². The number of fused-ring (bicyclic) bond motifs is 1. The summed E-state index contributed by atoms with van der Waals surface area (Å²) < 4.78 is 5.60. The molecule has 0 aliphatic rings. The van der Waals surface area contributed by atoms with E-state index in [0.29, 0.717) is 24.2 Å². The van der Waals surface area contributed by atoms with Gasteiger partial charge in [0.25, 0.3) is 5.91 Å². The number of furan rings is 1. The number of carbonyl (C=O) groups excluding carboxylic acids is 1. The molecule has 1 amide bonds. The number of amides is 1.